The predicted molar refractivity (Wildman–Crippen MR) is 110 cm³/mol. The fourth-order valence-electron chi connectivity index (χ4n) is 3.17. The summed E-state index contributed by atoms with van der Waals surface area (Å²) in [6, 6.07) is -0.263. The standard InChI is InChI=1S/C11H21NO3.C10H19NO3/c1-8(10(14)15-11(2,3)4)12-6-5-9(13)7-12;1-10(2,3)14-9(13)7-11-5-4-8(12)6-11/h8-9,13H,5-7H2,1-4H3;8,12H,4-7H2,1-3H3/t;8-/m.0/s1. The number of hydrogen-bond acceptors (Lipinski definition) is 8. The summed E-state index contributed by atoms with van der Waals surface area (Å²) in [6.45, 7) is 15.9. The van der Waals surface area contributed by atoms with Gasteiger partial charge in [-0.15, -0.1) is 0 Å². The lowest BCUT2D eigenvalue weighted by atomic mass is 10.2. The second-order valence-electron chi connectivity index (χ2n) is 9.91. The Balaban J connectivity index is 0.000000291. The quantitative estimate of drug-likeness (QED) is 0.659. The van der Waals surface area contributed by atoms with E-state index >= 15 is 0 Å². The van der Waals surface area contributed by atoms with Crippen molar-refractivity contribution in [2.75, 3.05) is 32.7 Å². The van der Waals surface area contributed by atoms with Crippen LogP contribution in [0.5, 0.6) is 0 Å². The third kappa shape index (κ3) is 10.9. The maximum atomic E-state index is 11.7. The Morgan fingerprint density at radius 1 is 0.931 bits per heavy atom. The minimum absolute atomic E-state index is 0.211. The van der Waals surface area contributed by atoms with E-state index in [0.29, 0.717) is 13.1 Å². The predicted octanol–water partition coefficient (Wildman–Crippen LogP) is 1.18. The first kappa shape index (κ1) is 25.8. The summed E-state index contributed by atoms with van der Waals surface area (Å²) >= 11 is 0. The van der Waals surface area contributed by atoms with Crippen molar-refractivity contribution in [1.82, 2.24) is 9.80 Å². The molecule has 2 fully saturated rings. The van der Waals surface area contributed by atoms with Crippen molar-refractivity contribution in [3.05, 3.63) is 0 Å². The Bertz CT molecular complexity index is 540. The number of aliphatic hydroxyl groups excluding tert-OH is 2. The third-order valence-corrected chi connectivity index (χ3v) is 4.51. The molecule has 0 aromatic carbocycles. The molecule has 170 valence electrons. The van der Waals surface area contributed by atoms with E-state index in [4.69, 9.17) is 9.47 Å². The van der Waals surface area contributed by atoms with Gasteiger partial charge in [0.2, 0.25) is 0 Å². The summed E-state index contributed by atoms with van der Waals surface area (Å²) in [5.74, 6) is -0.428. The highest BCUT2D eigenvalue weighted by Gasteiger charge is 2.31. The zero-order chi connectivity index (χ0) is 22.4. The Kier molecular flexibility index (Phi) is 9.53. The Morgan fingerprint density at radius 3 is 1.86 bits per heavy atom. The smallest absolute Gasteiger partial charge is 0.323 e. The van der Waals surface area contributed by atoms with Crippen LogP contribution in [0, 0.1) is 0 Å². The lowest BCUT2D eigenvalue weighted by molar-refractivity contribution is -0.160. The fraction of sp³-hybridized carbons (Fsp3) is 0.905. The molecule has 2 rings (SSSR count). The van der Waals surface area contributed by atoms with Crippen LogP contribution >= 0.6 is 0 Å². The van der Waals surface area contributed by atoms with Crippen molar-refractivity contribution in [2.24, 2.45) is 0 Å². The number of carbonyl (C=O) groups is 2. The molecule has 0 aliphatic carbocycles. The molecule has 2 unspecified atom stereocenters. The second-order valence-corrected chi connectivity index (χ2v) is 9.91. The van der Waals surface area contributed by atoms with Crippen LogP contribution in [0.3, 0.4) is 0 Å². The molecule has 8 heteroatoms. The van der Waals surface area contributed by atoms with E-state index in [1.54, 1.807) is 0 Å². The van der Waals surface area contributed by atoms with Gasteiger partial charge in [-0.1, -0.05) is 0 Å². The number of β-amino-alcohol motifs (C(OH)–C–C–N with tert-alkyl or cyclic N) is 2. The number of ether oxygens (including phenoxy) is 2. The van der Waals surface area contributed by atoms with Crippen LogP contribution in [-0.4, -0.2) is 94.1 Å². The van der Waals surface area contributed by atoms with E-state index in [9.17, 15) is 19.8 Å². The largest absolute Gasteiger partial charge is 0.459 e. The normalized spacial score (nSPS) is 24.6. The average Bonchev–Trinajstić information content (AvgIpc) is 3.12. The summed E-state index contributed by atoms with van der Waals surface area (Å²) in [5.41, 5.74) is -0.862. The topological polar surface area (TPSA) is 99.5 Å². The van der Waals surface area contributed by atoms with Gasteiger partial charge in [-0.3, -0.25) is 19.4 Å². The van der Waals surface area contributed by atoms with Crippen molar-refractivity contribution in [1.29, 1.82) is 0 Å². The van der Waals surface area contributed by atoms with Crippen LogP contribution in [-0.2, 0) is 19.1 Å². The minimum Gasteiger partial charge on any atom is -0.459 e. The summed E-state index contributed by atoms with van der Waals surface area (Å²) < 4.78 is 10.5. The minimum atomic E-state index is -0.441. The van der Waals surface area contributed by atoms with E-state index in [2.05, 4.69) is 0 Å². The molecule has 2 saturated heterocycles. The lowest BCUT2D eigenvalue weighted by Crippen LogP contribution is -2.41. The molecule has 2 aliphatic heterocycles. The lowest BCUT2D eigenvalue weighted by Gasteiger charge is -2.27. The van der Waals surface area contributed by atoms with Gasteiger partial charge in [-0.05, 0) is 61.3 Å². The molecule has 2 N–H and O–H groups in total. The SMILES string of the molecule is CC(C(=O)OC(C)(C)C)N1CCC(O)C1.CC(C)(C)OC(=O)CN1CC[C@H](O)C1. The van der Waals surface area contributed by atoms with E-state index < -0.39 is 11.2 Å². The number of carbonyl (C=O) groups excluding carboxylic acids is 2. The third-order valence-electron chi connectivity index (χ3n) is 4.51. The number of rotatable bonds is 4. The van der Waals surface area contributed by atoms with Crippen LogP contribution in [0.25, 0.3) is 0 Å². The maximum Gasteiger partial charge on any atom is 0.323 e. The van der Waals surface area contributed by atoms with Gasteiger partial charge in [-0.25, -0.2) is 0 Å². The molecule has 3 atom stereocenters. The summed E-state index contributed by atoms with van der Waals surface area (Å²) in [6.07, 6.45) is 0.919. The van der Waals surface area contributed by atoms with Crippen LogP contribution in [0.1, 0.15) is 61.3 Å². The van der Waals surface area contributed by atoms with E-state index in [1.807, 2.05) is 58.3 Å². The highest BCUT2D eigenvalue weighted by Crippen LogP contribution is 2.16. The van der Waals surface area contributed by atoms with Crippen molar-refractivity contribution >= 4 is 11.9 Å². The molecule has 0 amide bonds. The van der Waals surface area contributed by atoms with Crippen molar-refractivity contribution < 1.29 is 29.3 Å². The number of hydrogen-bond donors (Lipinski definition) is 2. The molecule has 29 heavy (non-hydrogen) atoms. The second kappa shape index (κ2) is 10.7. The van der Waals surface area contributed by atoms with Gasteiger partial charge in [0.05, 0.1) is 18.8 Å². The van der Waals surface area contributed by atoms with Crippen molar-refractivity contribution in [3.63, 3.8) is 0 Å². The van der Waals surface area contributed by atoms with Gasteiger partial charge < -0.3 is 19.7 Å². The average molecular weight is 417 g/mol. The van der Waals surface area contributed by atoms with Crippen molar-refractivity contribution in [3.8, 4) is 0 Å². The number of aliphatic hydroxyl groups is 2. The van der Waals surface area contributed by atoms with Crippen LogP contribution in [0.4, 0.5) is 0 Å². The first-order chi connectivity index (χ1) is 13.2. The maximum absolute atomic E-state index is 11.7. The van der Waals surface area contributed by atoms with E-state index in [1.165, 1.54) is 0 Å². The zero-order valence-electron chi connectivity index (χ0n) is 19.1. The van der Waals surface area contributed by atoms with Crippen LogP contribution in [0.15, 0.2) is 0 Å². The molecule has 0 spiro atoms. The molecular weight excluding hydrogens is 376 g/mol. The highest BCUT2D eigenvalue weighted by atomic mass is 16.6. The van der Waals surface area contributed by atoms with E-state index in [0.717, 1.165) is 25.9 Å². The Hall–Kier alpha value is -1.22. The van der Waals surface area contributed by atoms with Gasteiger partial charge in [0.25, 0.3) is 0 Å². The first-order valence-electron chi connectivity index (χ1n) is 10.4. The van der Waals surface area contributed by atoms with Gasteiger partial charge in [0.15, 0.2) is 0 Å². The molecule has 0 radical (unpaired) electrons. The summed E-state index contributed by atoms with van der Waals surface area (Å²) in [4.78, 5) is 27.0. The van der Waals surface area contributed by atoms with Crippen LogP contribution in [0.2, 0.25) is 0 Å². The summed E-state index contributed by atoms with van der Waals surface area (Å²) in [5, 5.41) is 18.6. The Labute approximate surface area is 175 Å². The van der Waals surface area contributed by atoms with Crippen molar-refractivity contribution in [2.45, 2.75) is 90.8 Å². The van der Waals surface area contributed by atoms with Gasteiger partial charge >= 0.3 is 11.9 Å². The molecule has 0 aromatic heterocycles. The zero-order valence-corrected chi connectivity index (χ0v) is 19.1. The van der Waals surface area contributed by atoms with Gasteiger partial charge in [0, 0.05) is 26.2 Å². The number of likely N-dealkylation sites (tertiary alicyclic amines) is 2. The molecular formula is C21H40N2O6. The number of esters is 2. The molecule has 0 bridgehead atoms. The molecule has 2 aliphatic rings. The first-order valence-corrected chi connectivity index (χ1v) is 10.4. The molecule has 0 saturated carbocycles. The number of nitrogens with zero attached hydrogens (tertiary/aromatic N) is 2. The summed E-state index contributed by atoms with van der Waals surface area (Å²) in [7, 11) is 0. The van der Waals surface area contributed by atoms with Crippen LogP contribution < -0.4 is 0 Å². The van der Waals surface area contributed by atoms with Gasteiger partial charge in [-0.2, -0.15) is 0 Å². The Morgan fingerprint density at radius 2 is 1.45 bits per heavy atom. The van der Waals surface area contributed by atoms with Gasteiger partial charge in [0.1, 0.15) is 17.2 Å². The highest BCUT2D eigenvalue weighted by molar-refractivity contribution is 5.75. The van der Waals surface area contributed by atoms with E-state index in [-0.39, 0.29) is 36.7 Å². The monoisotopic (exact) mass is 416 g/mol. The molecule has 0 aromatic rings. The molecule has 8 nitrogen and oxygen atoms in total. The fourth-order valence-corrected chi connectivity index (χ4v) is 3.17. The molecule has 2 heterocycles.